The summed E-state index contributed by atoms with van der Waals surface area (Å²) in [5, 5.41) is 2.64. The van der Waals surface area contributed by atoms with Crippen molar-refractivity contribution in [1.29, 1.82) is 0 Å². The molecule has 0 amide bonds. The third kappa shape index (κ3) is 1.39. The molecule has 3 aliphatic rings. The highest BCUT2D eigenvalue weighted by atomic mass is 16.1. The van der Waals surface area contributed by atoms with Crippen molar-refractivity contribution >= 4 is 16.6 Å². The maximum absolute atomic E-state index is 13.5. The van der Waals surface area contributed by atoms with Crippen molar-refractivity contribution in [1.82, 2.24) is 0 Å². The number of carbonyl (C=O) groups is 1. The Morgan fingerprint density at radius 2 is 1.67 bits per heavy atom. The Morgan fingerprint density at radius 3 is 2.58 bits per heavy atom. The van der Waals surface area contributed by atoms with E-state index in [-0.39, 0.29) is 11.8 Å². The monoisotopic (exact) mass is 308 g/mol. The number of allylic oxidation sites excluding steroid dienone is 2. The molecule has 0 bridgehead atoms. The zero-order valence-electron chi connectivity index (χ0n) is 13.3. The molecule has 0 aromatic heterocycles. The first-order valence-electron chi connectivity index (χ1n) is 8.68. The first kappa shape index (κ1) is 12.7. The highest BCUT2D eigenvalue weighted by molar-refractivity contribution is 6.09. The molecule has 114 valence electrons. The lowest BCUT2D eigenvalue weighted by molar-refractivity contribution is -0.120. The van der Waals surface area contributed by atoms with Crippen LogP contribution in [0.25, 0.3) is 10.8 Å². The van der Waals surface area contributed by atoms with Gasteiger partial charge in [-0.3, -0.25) is 4.79 Å². The van der Waals surface area contributed by atoms with Gasteiger partial charge in [-0.2, -0.15) is 0 Å². The fourth-order valence-electron chi connectivity index (χ4n) is 5.05. The minimum atomic E-state index is -0.0934. The fraction of sp³-hybridized carbons (Fsp3) is 0.174. The van der Waals surface area contributed by atoms with Gasteiger partial charge < -0.3 is 0 Å². The number of hydrogen-bond acceptors (Lipinski definition) is 1. The van der Waals surface area contributed by atoms with Crippen LogP contribution in [0.4, 0.5) is 0 Å². The molecular weight excluding hydrogens is 292 g/mol. The Morgan fingerprint density at radius 1 is 0.833 bits per heavy atom. The molecule has 0 radical (unpaired) electrons. The van der Waals surface area contributed by atoms with Gasteiger partial charge in [0.25, 0.3) is 0 Å². The van der Waals surface area contributed by atoms with Crippen molar-refractivity contribution < 1.29 is 4.79 Å². The van der Waals surface area contributed by atoms with Gasteiger partial charge in [0, 0.05) is 0 Å². The van der Waals surface area contributed by atoms with E-state index in [0.717, 1.165) is 12.8 Å². The van der Waals surface area contributed by atoms with Crippen molar-refractivity contribution in [3.8, 4) is 0 Å². The van der Waals surface area contributed by atoms with Crippen LogP contribution in [0.15, 0.2) is 60.7 Å². The average molecular weight is 308 g/mol. The van der Waals surface area contributed by atoms with E-state index in [2.05, 4.69) is 60.7 Å². The van der Waals surface area contributed by atoms with Crippen molar-refractivity contribution in [2.45, 2.75) is 24.7 Å². The molecule has 3 aromatic rings. The second-order valence-electron chi connectivity index (χ2n) is 7.20. The van der Waals surface area contributed by atoms with Crippen LogP contribution in [0.5, 0.6) is 0 Å². The second kappa shape index (κ2) is 4.24. The Bertz CT molecular complexity index is 1090. The number of rotatable bonds is 0. The van der Waals surface area contributed by atoms with Gasteiger partial charge in [-0.1, -0.05) is 60.7 Å². The molecule has 0 heterocycles. The Balaban J connectivity index is 1.81. The smallest absolute Gasteiger partial charge is 0.156 e. The minimum absolute atomic E-state index is 0.0728. The molecule has 2 unspecified atom stereocenters. The summed E-state index contributed by atoms with van der Waals surface area (Å²) in [5.41, 5.74) is 7.77. The summed E-state index contributed by atoms with van der Waals surface area (Å²) in [6.07, 6.45) is 6.19. The Hall–Kier alpha value is -2.67. The van der Waals surface area contributed by atoms with E-state index >= 15 is 0 Å². The third-order valence-electron chi connectivity index (χ3n) is 6.05. The molecule has 3 aliphatic carbocycles. The topological polar surface area (TPSA) is 17.1 Å². The minimum Gasteiger partial charge on any atom is -0.298 e. The lowest BCUT2D eigenvalue weighted by Crippen LogP contribution is -2.31. The van der Waals surface area contributed by atoms with E-state index in [9.17, 15) is 4.79 Å². The zero-order chi connectivity index (χ0) is 15.8. The molecule has 0 spiro atoms. The number of benzene rings is 3. The third-order valence-corrected chi connectivity index (χ3v) is 6.05. The van der Waals surface area contributed by atoms with Crippen LogP contribution in [-0.2, 0) is 17.6 Å². The van der Waals surface area contributed by atoms with E-state index in [4.69, 9.17) is 0 Å². The molecule has 24 heavy (non-hydrogen) atoms. The molecule has 0 saturated heterocycles. The number of Topliss-reactive ketones (excluding diaryl/α,β-unsaturated/α-hetero) is 1. The van der Waals surface area contributed by atoms with E-state index in [1.54, 1.807) is 0 Å². The molecule has 1 nitrogen and oxygen atoms in total. The highest BCUT2D eigenvalue weighted by Crippen LogP contribution is 2.50. The number of fused-ring (bicyclic) bond motifs is 2. The van der Waals surface area contributed by atoms with Gasteiger partial charge in [0.15, 0.2) is 5.78 Å². The number of carbonyl (C=O) groups excluding carboxylic acids is 1. The molecule has 2 atom stereocenters. The maximum atomic E-state index is 13.5. The molecule has 0 aliphatic heterocycles. The second-order valence-corrected chi connectivity index (χ2v) is 7.20. The molecule has 0 N–H and O–H groups in total. The van der Waals surface area contributed by atoms with Crippen LogP contribution in [-0.4, -0.2) is 5.78 Å². The van der Waals surface area contributed by atoms with Crippen molar-refractivity contribution in [3.63, 3.8) is 0 Å². The van der Waals surface area contributed by atoms with Crippen LogP contribution in [0.2, 0.25) is 0 Å². The van der Waals surface area contributed by atoms with E-state index in [1.807, 2.05) is 0 Å². The molecule has 3 aromatic carbocycles. The van der Waals surface area contributed by atoms with Gasteiger partial charge >= 0.3 is 0 Å². The normalized spacial score (nSPS) is 22.6. The predicted octanol–water partition coefficient (Wildman–Crippen LogP) is 4.65. The summed E-state index contributed by atoms with van der Waals surface area (Å²) in [6.45, 7) is 0. The van der Waals surface area contributed by atoms with E-state index in [1.165, 1.54) is 44.2 Å². The molecule has 1 heteroatoms. The Kier molecular flexibility index (Phi) is 2.25. The van der Waals surface area contributed by atoms with Gasteiger partial charge in [0.2, 0.25) is 0 Å². The van der Waals surface area contributed by atoms with Crippen LogP contribution in [0.1, 0.15) is 45.2 Å². The van der Waals surface area contributed by atoms with E-state index < -0.39 is 0 Å². The zero-order valence-corrected chi connectivity index (χ0v) is 13.3. The Labute approximate surface area is 140 Å². The number of hydrogen-bond donors (Lipinski definition) is 0. The van der Waals surface area contributed by atoms with Gasteiger partial charge in [-0.05, 0) is 57.0 Å². The van der Waals surface area contributed by atoms with Gasteiger partial charge in [0.05, 0.1) is 11.8 Å². The largest absolute Gasteiger partial charge is 0.298 e. The van der Waals surface area contributed by atoms with Crippen LogP contribution < -0.4 is 0 Å². The molecule has 0 fully saturated rings. The van der Waals surface area contributed by atoms with Gasteiger partial charge in [-0.25, -0.2) is 0 Å². The fourth-order valence-corrected chi connectivity index (χ4v) is 5.05. The standard InChI is InChI=1S/C23H16O/c24-23-18-7-3-5-13-8-9-14-10-11-16-12-15-4-1-2-6-17(15)22(23)21(16)20(14)19(13)18/h1-4,6-11,18,22H,5,12H2. The maximum Gasteiger partial charge on any atom is 0.156 e. The summed E-state index contributed by atoms with van der Waals surface area (Å²) in [6, 6.07) is 17.4. The van der Waals surface area contributed by atoms with Crippen LogP contribution in [0, 0.1) is 0 Å². The summed E-state index contributed by atoms with van der Waals surface area (Å²) in [5.74, 6) is 0.187. The SMILES string of the molecule is O=C1C2C=CCc3ccc4ccc5c(c4c32)C1c1ccccc1C5. The van der Waals surface area contributed by atoms with Crippen LogP contribution >= 0.6 is 0 Å². The summed E-state index contributed by atoms with van der Waals surface area (Å²) in [7, 11) is 0. The summed E-state index contributed by atoms with van der Waals surface area (Å²) >= 11 is 0. The van der Waals surface area contributed by atoms with Gasteiger partial charge in [0.1, 0.15) is 0 Å². The van der Waals surface area contributed by atoms with Crippen molar-refractivity contribution in [3.05, 3.63) is 94.1 Å². The van der Waals surface area contributed by atoms with Crippen molar-refractivity contribution in [2.75, 3.05) is 0 Å². The van der Waals surface area contributed by atoms with E-state index in [0.29, 0.717) is 5.78 Å². The first-order valence-corrected chi connectivity index (χ1v) is 8.68. The van der Waals surface area contributed by atoms with Gasteiger partial charge in [-0.15, -0.1) is 0 Å². The van der Waals surface area contributed by atoms with Crippen molar-refractivity contribution in [2.24, 2.45) is 0 Å². The highest BCUT2D eigenvalue weighted by Gasteiger charge is 2.41. The van der Waals surface area contributed by atoms with Crippen LogP contribution in [0.3, 0.4) is 0 Å². The quantitative estimate of drug-likeness (QED) is 0.552. The molecular formula is C23H16O. The summed E-state index contributed by atoms with van der Waals surface area (Å²) < 4.78 is 0. The lowest BCUT2D eigenvalue weighted by Gasteiger charge is -2.37. The number of ketones is 1. The predicted molar refractivity (Wildman–Crippen MR) is 95.6 cm³/mol. The summed E-state index contributed by atoms with van der Waals surface area (Å²) in [4.78, 5) is 13.5. The lowest BCUT2D eigenvalue weighted by atomic mass is 9.64. The first-order chi connectivity index (χ1) is 11.8. The average Bonchev–Trinajstić information content (AvgIpc) is 2.64. The molecule has 0 saturated carbocycles. The molecule has 6 rings (SSSR count).